The van der Waals surface area contributed by atoms with Gasteiger partial charge in [-0.2, -0.15) is 0 Å². The number of morpholine rings is 1. The molecule has 0 aliphatic carbocycles. The number of nitrogens with one attached hydrogen (secondary N) is 2. The Morgan fingerprint density at radius 2 is 1.89 bits per heavy atom. The molecule has 6 nitrogen and oxygen atoms in total. The largest absolute Gasteiger partial charge is 0.375 e. The Morgan fingerprint density at radius 3 is 2.52 bits per heavy atom. The highest BCUT2D eigenvalue weighted by Crippen LogP contribution is 2.15. The first kappa shape index (κ1) is 19.1. The molecule has 0 radical (unpaired) electrons. The van der Waals surface area contributed by atoms with Gasteiger partial charge in [-0.3, -0.25) is 4.99 Å². The van der Waals surface area contributed by atoms with Crippen LogP contribution in [0.2, 0.25) is 0 Å². The van der Waals surface area contributed by atoms with Gasteiger partial charge in [-0.1, -0.05) is 18.2 Å². The lowest BCUT2D eigenvalue weighted by molar-refractivity contribution is 0.0529. The number of aliphatic imine (C=N–C) groups is 1. The van der Waals surface area contributed by atoms with E-state index in [1.54, 1.807) is 19.2 Å². The fraction of sp³-hybridized carbons (Fsp3) is 0.400. The van der Waals surface area contributed by atoms with Crippen molar-refractivity contribution in [1.29, 1.82) is 0 Å². The summed E-state index contributed by atoms with van der Waals surface area (Å²) in [7, 11) is 1.72. The van der Waals surface area contributed by atoms with Crippen LogP contribution in [0.4, 0.5) is 10.2 Å². The summed E-state index contributed by atoms with van der Waals surface area (Å²) < 4.78 is 18.5. The maximum absolute atomic E-state index is 13.0. The van der Waals surface area contributed by atoms with E-state index in [1.165, 1.54) is 12.1 Å². The molecule has 1 unspecified atom stereocenters. The Labute approximate surface area is 159 Å². The highest BCUT2D eigenvalue weighted by molar-refractivity contribution is 5.79. The summed E-state index contributed by atoms with van der Waals surface area (Å²) in [5.74, 6) is 1.43. The molecule has 2 heterocycles. The molecule has 2 N–H and O–H groups in total. The van der Waals surface area contributed by atoms with Crippen LogP contribution in [0.5, 0.6) is 0 Å². The average molecular weight is 371 g/mol. The molecule has 144 valence electrons. The summed E-state index contributed by atoms with van der Waals surface area (Å²) in [4.78, 5) is 11.0. The van der Waals surface area contributed by atoms with Crippen LogP contribution < -0.4 is 15.5 Å². The molecular weight excluding hydrogens is 345 g/mol. The summed E-state index contributed by atoms with van der Waals surface area (Å²) in [5.41, 5.74) is 2.06. The van der Waals surface area contributed by atoms with Crippen molar-refractivity contribution in [3.63, 3.8) is 0 Å². The van der Waals surface area contributed by atoms with Crippen LogP contribution in [0.1, 0.15) is 18.1 Å². The minimum Gasteiger partial charge on any atom is -0.375 e. The average Bonchev–Trinajstić information content (AvgIpc) is 2.70. The van der Waals surface area contributed by atoms with E-state index in [4.69, 9.17) is 4.74 Å². The highest BCUT2D eigenvalue weighted by atomic mass is 19.1. The van der Waals surface area contributed by atoms with Crippen LogP contribution in [0.25, 0.3) is 0 Å². The number of hydrogen-bond donors (Lipinski definition) is 2. The molecule has 7 heteroatoms. The minimum absolute atomic E-state index is 0.233. The molecule has 0 bridgehead atoms. The van der Waals surface area contributed by atoms with Gasteiger partial charge in [0.05, 0.1) is 12.7 Å². The van der Waals surface area contributed by atoms with Crippen LogP contribution >= 0.6 is 0 Å². The Morgan fingerprint density at radius 1 is 1.19 bits per heavy atom. The van der Waals surface area contributed by atoms with Crippen LogP contribution in [0, 0.1) is 5.82 Å². The normalized spacial score (nSPS) is 17.7. The van der Waals surface area contributed by atoms with Crippen LogP contribution in [0.15, 0.2) is 47.6 Å². The standard InChI is InChI=1S/C20H26FN5O/c1-15-14-26(9-10-27-15)19-8-5-17(12-23-19)13-25-20(22-2)24-11-16-3-6-18(21)7-4-16/h3-8,12,15H,9-11,13-14H2,1-2H3,(H2,22,24,25). The topological polar surface area (TPSA) is 61.8 Å². The van der Waals surface area contributed by atoms with Gasteiger partial charge in [0, 0.05) is 39.4 Å². The van der Waals surface area contributed by atoms with Crippen LogP contribution in [-0.4, -0.2) is 43.8 Å². The smallest absolute Gasteiger partial charge is 0.191 e. The maximum Gasteiger partial charge on any atom is 0.191 e. The lowest BCUT2D eigenvalue weighted by Crippen LogP contribution is -2.41. The summed E-state index contributed by atoms with van der Waals surface area (Å²) in [6.45, 7) is 5.75. The molecular formula is C20H26FN5O. The Balaban J connectivity index is 1.48. The molecule has 2 aromatic rings. The number of aromatic nitrogens is 1. The zero-order valence-electron chi connectivity index (χ0n) is 15.8. The molecule has 1 aromatic carbocycles. The first-order chi connectivity index (χ1) is 13.1. The number of ether oxygens (including phenoxy) is 1. The van der Waals surface area contributed by atoms with Crippen molar-refractivity contribution in [3.8, 4) is 0 Å². The van der Waals surface area contributed by atoms with Gasteiger partial charge >= 0.3 is 0 Å². The fourth-order valence-corrected chi connectivity index (χ4v) is 2.93. The second-order valence-corrected chi connectivity index (χ2v) is 6.56. The molecule has 1 atom stereocenters. The minimum atomic E-state index is -0.233. The quantitative estimate of drug-likeness (QED) is 0.624. The zero-order valence-corrected chi connectivity index (χ0v) is 15.8. The zero-order chi connectivity index (χ0) is 19.1. The SMILES string of the molecule is CN=C(NCc1ccc(F)cc1)NCc1ccc(N2CCOC(C)C2)nc1. The predicted octanol–water partition coefficient (Wildman–Crippen LogP) is 2.31. The number of benzene rings is 1. The van der Waals surface area contributed by atoms with Gasteiger partial charge in [0.15, 0.2) is 5.96 Å². The number of nitrogens with zero attached hydrogens (tertiary/aromatic N) is 3. The van der Waals surface area contributed by atoms with E-state index in [-0.39, 0.29) is 11.9 Å². The Kier molecular flexibility index (Phi) is 6.59. The van der Waals surface area contributed by atoms with Crippen molar-refractivity contribution >= 4 is 11.8 Å². The second-order valence-electron chi connectivity index (χ2n) is 6.56. The van der Waals surface area contributed by atoms with Gasteiger partial charge in [0.2, 0.25) is 0 Å². The van der Waals surface area contributed by atoms with E-state index >= 15 is 0 Å². The molecule has 1 aliphatic heterocycles. The van der Waals surface area contributed by atoms with Crippen LogP contribution in [-0.2, 0) is 17.8 Å². The van der Waals surface area contributed by atoms with Crippen molar-refractivity contribution < 1.29 is 9.13 Å². The number of halogens is 1. The number of anilines is 1. The molecule has 1 aliphatic rings. The number of pyridine rings is 1. The Bertz CT molecular complexity index is 748. The maximum atomic E-state index is 13.0. The molecule has 0 saturated carbocycles. The lowest BCUT2D eigenvalue weighted by Gasteiger charge is -2.32. The van der Waals surface area contributed by atoms with Gasteiger partial charge in [0.25, 0.3) is 0 Å². The molecule has 1 aromatic heterocycles. The van der Waals surface area contributed by atoms with Crippen LogP contribution in [0.3, 0.4) is 0 Å². The molecule has 1 saturated heterocycles. The third-order valence-corrected chi connectivity index (χ3v) is 4.43. The van der Waals surface area contributed by atoms with Gasteiger partial charge in [-0.05, 0) is 36.2 Å². The molecule has 1 fully saturated rings. The van der Waals surface area contributed by atoms with E-state index < -0.39 is 0 Å². The molecule has 0 spiro atoms. The third kappa shape index (κ3) is 5.65. The summed E-state index contributed by atoms with van der Waals surface area (Å²) in [6, 6.07) is 10.5. The first-order valence-corrected chi connectivity index (χ1v) is 9.14. The van der Waals surface area contributed by atoms with Crippen molar-refractivity contribution in [2.45, 2.75) is 26.1 Å². The van der Waals surface area contributed by atoms with Gasteiger partial charge in [-0.15, -0.1) is 0 Å². The van der Waals surface area contributed by atoms with E-state index in [2.05, 4.69) is 38.5 Å². The molecule has 0 amide bonds. The Hall–Kier alpha value is -2.67. The summed E-state index contributed by atoms with van der Waals surface area (Å²) in [5, 5.41) is 6.48. The fourth-order valence-electron chi connectivity index (χ4n) is 2.93. The monoisotopic (exact) mass is 371 g/mol. The summed E-state index contributed by atoms with van der Waals surface area (Å²) >= 11 is 0. The van der Waals surface area contributed by atoms with Crippen molar-refractivity contribution in [2.24, 2.45) is 4.99 Å². The lowest BCUT2D eigenvalue weighted by atomic mass is 10.2. The van der Waals surface area contributed by atoms with Gasteiger partial charge in [0.1, 0.15) is 11.6 Å². The van der Waals surface area contributed by atoms with E-state index in [1.807, 2.05) is 12.3 Å². The van der Waals surface area contributed by atoms with Gasteiger partial charge < -0.3 is 20.3 Å². The predicted molar refractivity (Wildman–Crippen MR) is 105 cm³/mol. The van der Waals surface area contributed by atoms with Crippen molar-refractivity contribution in [3.05, 3.63) is 59.5 Å². The van der Waals surface area contributed by atoms with E-state index in [0.29, 0.717) is 19.0 Å². The van der Waals surface area contributed by atoms with E-state index in [0.717, 1.165) is 36.6 Å². The van der Waals surface area contributed by atoms with Crippen molar-refractivity contribution in [2.75, 3.05) is 31.6 Å². The number of hydrogen-bond acceptors (Lipinski definition) is 4. The highest BCUT2D eigenvalue weighted by Gasteiger charge is 2.17. The summed E-state index contributed by atoms with van der Waals surface area (Å²) in [6.07, 6.45) is 2.12. The molecule has 27 heavy (non-hydrogen) atoms. The van der Waals surface area contributed by atoms with Gasteiger partial charge in [-0.25, -0.2) is 9.37 Å². The molecule has 3 rings (SSSR count). The van der Waals surface area contributed by atoms with E-state index in [9.17, 15) is 4.39 Å². The number of rotatable bonds is 5. The number of guanidine groups is 1. The first-order valence-electron chi connectivity index (χ1n) is 9.14. The third-order valence-electron chi connectivity index (χ3n) is 4.43. The second kappa shape index (κ2) is 9.32. The van der Waals surface area contributed by atoms with Crippen molar-refractivity contribution in [1.82, 2.24) is 15.6 Å².